The van der Waals surface area contributed by atoms with E-state index in [0.717, 1.165) is 5.69 Å². The first-order chi connectivity index (χ1) is 12.4. The van der Waals surface area contributed by atoms with E-state index >= 15 is 0 Å². The molecule has 0 saturated heterocycles. The van der Waals surface area contributed by atoms with Crippen LogP contribution in [0.2, 0.25) is 0 Å². The minimum atomic E-state index is -0.250. The summed E-state index contributed by atoms with van der Waals surface area (Å²) >= 11 is 5.15. The van der Waals surface area contributed by atoms with Crippen LogP contribution in [0.25, 0.3) is 22.4 Å². The number of hydrogen-bond donors (Lipinski definition) is 3. The van der Waals surface area contributed by atoms with Crippen LogP contribution in [0.4, 0.5) is 5.69 Å². The molecule has 0 atom stereocenters. The standard InChI is InChI=1S/C17H20N6O2S/c1-5-25-12-7-6-10(19-17(26)18-3)8-11(12)15-20-13-9(2)22-23(4)14(13)16(24)21-15/h6-8H,5H2,1-4H3,(H2,18,19,26)(H,20,21,24). The van der Waals surface area contributed by atoms with Crippen LogP contribution in [0.3, 0.4) is 0 Å². The Kier molecular flexibility index (Phi) is 4.90. The van der Waals surface area contributed by atoms with Crippen molar-refractivity contribution in [2.75, 3.05) is 19.0 Å². The van der Waals surface area contributed by atoms with Crippen LogP contribution in [0.15, 0.2) is 23.0 Å². The lowest BCUT2D eigenvalue weighted by Gasteiger charge is -2.13. The molecule has 0 fully saturated rings. The molecule has 0 aliphatic rings. The molecule has 0 radical (unpaired) electrons. The number of aromatic nitrogens is 4. The SMILES string of the molecule is CCOc1ccc(NC(=S)NC)cc1-c1nc2c(C)nn(C)c2c(=O)[nH]1. The number of nitrogens with one attached hydrogen (secondary N) is 3. The predicted octanol–water partition coefficient (Wildman–Crippen LogP) is 1.95. The van der Waals surface area contributed by atoms with Crippen LogP contribution in [0.1, 0.15) is 12.6 Å². The molecule has 2 heterocycles. The average molecular weight is 372 g/mol. The first kappa shape index (κ1) is 17.9. The highest BCUT2D eigenvalue weighted by atomic mass is 32.1. The summed E-state index contributed by atoms with van der Waals surface area (Å²) in [7, 11) is 3.46. The van der Waals surface area contributed by atoms with Gasteiger partial charge in [-0.25, -0.2) is 4.98 Å². The van der Waals surface area contributed by atoms with Gasteiger partial charge in [0, 0.05) is 19.8 Å². The van der Waals surface area contributed by atoms with Gasteiger partial charge in [0.1, 0.15) is 17.1 Å². The number of aromatic amines is 1. The van der Waals surface area contributed by atoms with Crippen LogP contribution in [0.5, 0.6) is 5.75 Å². The van der Waals surface area contributed by atoms with E-state index in [1.165, 1.54) is 4.68 Å². The number of benzene rings is 1. The maximum Gasteiger partial charge on any atom is 0.277 e. The Morgan fingerprint density at radius 2 is 2.19 bits per heavy atom. The second kappa shape index (κ2) is 7.12. The van der Waals surface area contributed by atoms with Gasteiger partial charge in [-0.3, -0.25) is 9.48 Å². The van der Waals surface area contributed by atoms with Crippen LogP contribution >= 0.6 is 12.2 Å². The Morgan fingerprint density at radius 1 is 1.42 bits per heavy atom. The molecule has 3 aromatic rings. The number of aryl methyl sites for hydroxylation is 2. The largest absolute Gasteiger partial charge is 0.493 e. The number of H-pyrrole nitrogens is 1. The minimum absolute atomic E-state index is 0.250. The van der Waals surface area contributed by atoms with Gasteiger partial charge in [-0.15, -0.1) is 0 Å². The molecule has 9 heteroatoms. The average Bonchev–Trinajstić information content (AvgIpc) is 2.90. The van der Waals surface area contributed by atoms with Crippen molar-refractivity contribution in [2.24, 2.45) is 7.05 Å². The lowest BCUT2D eigenvalue weighted by atomic mass is 10.1. The van der Waals surface area contributed by atoms with Crippen molar-refractivity contribution < 1.29 is 4.74 Å². The van der Waals surface area contributed by atoms with Crippen molar-refractivity contribution in [3.05, 3.63) is 34.2 Å². The Balaban J connectivity index is 2.19. The molecular weight excluding hydrogens is 352 g/mol. The van der Waals surface area contributed by atoms with E-state index in [0.29, 0.717) is 45.6 Å². The molecule has 2 aromatic heterocycles. The fourth-order valence-corrected chi connectivity index (χ4v) is 2.85. The zero-order valence-corrected chi connectivity index (χ0v) is 15.8. The highest BCUT2D eigenvalue weighted by molar-refractivity contribution is 7.80. The Hall–Kier alpha value is -2.94. The number of rotatable bonds is 4. The number of ether oxygens (including phenoxy) is 1. The molecule has 0 aliphatic heterocycles. The molecule has 1 aromatic carbocycles. The highest BCUT2D eigenvalue weighted by Gasteiger charge is 2.16. The summed E-state index contributed by atoms with van der Waals surface area (Å²) in [5.41, 5.74) is 2.87. The highest BCUT2D eigenvalue weighted by Crippen LogP contribution is 2.31. The zero-order valence-electron chi connectivity index (χ0n) is 15.0. The summed E-state index contributed by atoms with van der Waals surface area (Å²) in [5.74, 6) is 1.04. The lowest BCUT2D eigenvalue weighted by molar-refractivity contribution is 0.341. The van der Waals surface area contributed by atoms with Gasteiger partial charge in [0.15, 0.2) is 10.6 Å². The van der Waals surface area contributed by atoms with Crippen LogP contribution in [-0.4, -0.2) is 38.5 Å². The van der Waals surface area contributed by atoms with Crippen molar-refractivity contribution in [1.29, 1.82) is 0 Å². The normalized spacial score (nSPS) is 10.8. The van der Waals surface area contributed by atoms with E-state index in [1.54, 1.807) is 14.1 Å². The van der Waals surface area contributed by atoms with Crippen LogP contribution in [0, 0.1) is 6.92 Å². The summed E-state index contributed by atoms with van der Waals surface area (Å²) in [6.07, 6.45) is 0. The zero-order chi connectivity index (χ0) is 18.8. The first-order valence-corrected chi connectivity index (χ1v) is 8.55. The molecule has 3 rings (SSSR count). The van der Waals surface area contributed by atoms with Crippen molar-refractivity contribution in [2.45, 2.75) is 13.8 Å². The number of nitrogens with zero attached hydrogens (tertiary/aromatic N) is 3. The van der Waals surface area contributed by atoms with Gasteiger partial charge in [0.25, 0.3) is 5.56 Å². The molecule has 0 saturated carbocycles. The number of anilines is 1. The van der Waals surface area contributed by atoms with Crippen molar-refractivity contribution in [1.82, 2.24) is 25.1 Å². The predicted molar refractivity (Wildman–Crippen MR) is 106 cm³/mol. The topological polar surface area (TPSA) is 96.9 Å². The van der Waals surface area contributed by atoms with Gasteiger partial charge in [-0.1, -0.05) is 0 Å². The Bertz CT molecular complexity index is 1040. The number of hydrogen-bond acceptors (Lipinski definition) is 5. The fourth-order valence-electron chi connectivity index (χ4n) is 2.74. The molecular formula is C17H20N6O2S. The van der Waals surface area contributed by atoms with E-state index in [9.17, 15) is 4.79 Å². The third-order valence-corrected chi connectivity index (χ3v) is 4.19. The molecule has 136 valence electrons. The molecule has 8 nitrogen and oxygen atoms in total. The number of fused-ring (bicyclic) bond motifs is 1. The molecule has 0 unspecified atom stereocenters. The van der Waals surface area contributed by atoms with Gasteiger partial charge >= 0.3 is 0 Å². The molecule has 26 heavy (non-hydrogen) atoms. The maximum absolute atomic E-state index is 12.5. The van der Waals surface area contributed by atoms with Gasteiger partial charge < -0.3 is 20.4 Å². The summed E-state index contributed by atoms with van der Waals surface area (Å²) in [4.78, 5) is 20.0. The summed E-state index contributed by atoms with van der Waals surface area (Å²) in [5, 5.41) is 10.7. The second-order valence-corrected chi connectivity index (χ2v) is 6.08. The third-order valence-electron chi connectivity index (χ3n) is 3.88. The van der Waals surface area contributed by atoms with E-state index in [-0.39, 0.29) is 5.56 Å². The maximum atomic E-state index is 12.5. The lowest BCUT2D eigenvalue weighted by Crippen LogP contribution is -2.24. The van der Waals surface area contributed by atoms with Crippen LogP contribution in [-0.2, 0) is 7.05 Å². The third kappa shape index (κ3) is 3.25. The Labute approximate surface area is 155 Å². The van der Waals surface area contributed by atoms with Crippen molar-refractivity contribution in [3.63, 3.8) is 0 Å². The summed E-state index contributed by atoms with van der Waals surface area (Å²) in [6.45, 7) is 4.22. The monoisotopic (exact) mass is 372 g/mol. The molecule has 0 amide bonds. The quantitative estimate of drug-likeness (QED) is 0.602. The molecule has 0 aliphatic carbocycles. The van der Waals surface area contributed by atoms with Crippen LogP contribution < -0.4 is 20.9 Å². The number of thiocarbonyl (C=S) groups is 1. The van der Waals surface area contributed by atoms with E-state index in [2.05, 4.69) is 25.7 Å². The molecule has 0 spiro atoms. The first-order valence-electron chi connectivity index (χ1n) is 8.14. The summed E-state index contributed by atoms with van der Waals surface area (Å²) in [6, 6.07) is 5.51. The van der Waals surface area contributed by atoms with Crippen molar-refractivity contribution >= 4 is 34.1 Å². The second-order valence-electron chi connectivity index (χ2n) is 5.67. The van der Waals surface area contributed by atoms with E-state index < -0.39 is 0 Å². The Morgan fingerprint density at radius 3 is 2.88 bits per heavy atom. The van der Waals surface area contributed by atoms with Crippen molar-refractivity contribution in [3.8, 4) is 17.1 Å². The van der Waals surface area contributed by atoms with Gasteiger partial charge in [-0.05, 0) is 44.3 Å². The molecule has 3 N–H and O–H groups in total. The molecule has 0 bridgehead atoms. The summed E-state index contributed by atoms with van der Waals surface area (Å²) < 4.78 is 7.24. The van der Waals surface area contributed by atoms with Gasteiger partial charge in [0.05, 0.1) is 17.9 Å². The van der Waals surface area contributed by atoms with E-state index in [4.69, 9.17) is 17.0 Å². The van der Waals surface area contributed by atoms with Gasteiger partial charge in [0.2, 0.25) is 0 Å². The van der Waals surface area contributed by atoms with Gasteiger partial charge in [-0.2, -0.15) is 5.10 Å². The smallest absolute Gasteiger partial charge is 0.277 e. The fraction of sp³-hybridized carbons (Fsp3) is 0.294. The minimum Gasteiger partial charge on any atom is -0.493 e. The van der Waals surface area contributed by atoms with E-state index in [1.807, 2.05) is 32.0 Å².